The van der Waals surface area contributed by atoms with Gasteiger partial charge in [-0.25, -0.2) is 4.79 Å². The van der Waals surface area contributed by atoms with Crippen molar-refractivity contribution in [3.05, 3.63) is 29.3 Å². The van der Waals surface area contributed by atoms with Crippen LogP contribution in [0.2, 0.25) is 5.02 Å². The van der Waals surface area contributed by atoms with Crippen LogP contribution in [0.25, 0.3) is 0 Å². The van der Waals surface area contributed by atoms with Crippen LogP contribution in [0.4, 0.5) is 10.5 Å². The molecule has 1 aliphatic heterocycles. The molecule has 18 heavy (non-hydrogen) atoms. The third-order valence-electron chi connectivity index (χ3n) is 2.86. The Morgan fingerprint density at radius 3 is 3.06 bits per heavy atom. The van der Waals surface area contributed by atoms with Crippen molar-refractivity contribution in [3.8, 4) is 0 Å². The van der Waals surface area contributed by atoms with Crippen LogP contribution in [0.15, 0.2) is 24.3 Å². The molecule has 1 heterocycles. The Bertz CT molecular complexity index is 428. The van der Waals surface area contributed by atoms with Crippen molar-refractivity contribution in [2.75, 3.05) is 25.5 Å². The molecule has 0 aliphatic carbocycles. The molecule has 5 nitrogen and oxygen atoms in total. The number of hydrogen-bond acceptors (Lipinski definition) is 3. The molecule has 2 atom stereocenters. The van der Waals surface area contributed by atoms with Gasteiger partial charge in [-0.05, 0) is 18.2 Å². The minimum Gasteiger partial charge on any atom is -0.378 e. The maximum absolute atomic E-state index is 11.8. The number of methoxy groups -OCH3 is 1. The first kappa shape index (κ1) is 13.1. The molecule has 0 saturated carbocycles. The summed E-state index contributed by atoms with van der Waals surface area (Å²) in [4.78, 5) is 11.8. The van der Waals surface area contributed by atoms with E-state index >= 15 is 0 Å². The Balaban J connectivity index is 1.89. The molecule has 1 aliphatic rings. The fraction of sp³-hybridized carbons (Fsp3) is 0.417. The quantitative estimate of drug-likeness (QED) is 0.778. The molecule has 1 aromatic rings. The number of urea groups is 1. The van der Waals surface area contributed by atoms with Crippen LogP contribution in [0, 0.1) is 0 Å². The second-order valence-electron chi connectivity index (χ2n) is 4.15. The molecule has 6 heteroatoms. The summed E-state index contributed by atoms with van der Waals surface area (Å²) >= 11 is 5.84. The third kappa shape index (κ3) is 3.35. The second-order valence-corrected chi connectivity index (χ2v) is 4.58. The molecule has 0 radical (unpaired) electrons. The van der Waals surface area contributed by atoms with Gasteiger partial charge in [0.05, 0.1) is 12.1 Å². The lowest BCUT2D eigenvalue weighted by molar-refractivity contribution is 0.0991. The number of hydrogen-bond donors (Lipinski definition) is 3. The van der Waals surface area contributed by atoms with Gasteiger partial charge in [0.1, 0.15) is 0 Å². The average molecular weight is 270 g/mol. The lowest BCUT2D eigenvalue weighted by Gasteiger charge is -2.18. The van der Waals surface area contributed by atoms with Crippen molar-refractivity contribution in [1.29, 1.82) is 0 Å². The molecule has 1 aromatic carbocycles. The lowest BCUT2D eigenvalue weighted by atomic mass is 10.2. The van der Waals surface area contributed by atoms with E-state index in [2.05, 4.69) is 16.0 Å². The average Bonchev–Trinajstić information content (AvgIpc) is 2.76. The molecule has 1 saturated heterocycles. The van der Waals surface area contributed by atoms with Gasteiger partial charge in [0.25, 0.3) is 0 Å². The molecular formula is C12H16ClN3O2. The van der Waals surface area contributed by atoms with E-state index in [4.69, 9.17) is 16.3 Å². The lowest BCUT2D eigenvalue weighted by Crippen LogP contribution is -2.45. The van der Waals surface area contributed by atoms with Gasteiger partial charge >= 0.3 is 6.03 Å². The number of amides is 2. The maximum atomic E-state index is 11.8. The van der Waals surface area contributed by atoms with Crippen LogP contribution >= 0.6 is 11.6 Å². The van der Waals surface area contributed by atoms with Crippen LogP contribution in [0.1, 0.15) is 0 Å². The summed E-state index contributed by atoms with van der Waals surface area (Å²) in [6.45, 7) is 1.46. The van der Waals surface area contributed by atoms with E-state index in [1.807, 2.05) is 0 Å². The predicted octanol–water partition coefficient (Wildman–Crippen LogP) is 1.45. The Hall–Kier alpha value is -1.30. The van der Waals surface area contributed by atoms with E-state index in [1.165, 1.54) is 0 Å². The predicted molar refractivity (Wildman–Crippen MR) is 71.1 cm³/mol. The molecular weight excluding hydrogens is 254 g/mol. The summed E-state index contributed by atoms with van der Waals surface area (Å²) in [5.41, 5.74) is 0.667. The van der Waals surface area contributed by atoms with Gasteiger partial charge in [0.2, 0.25) is 0 Å². The Morgan fingerprint density at radius 2 is 2.33 bits per heavy atom. The summed E-state index contributed by atoms with van der Waals surface area (Å²) in [6, 6.07) is 6.75. The van der Waals surface area contributed by atoms with Crippen molar-refractivity contribution in [3.63, 3.8) is 0 Å². The highest BCUT2D eigenvalue weighted by Crippen LogP contribution is 2.14. The minimum absolute atomic E-state index is 0.00936. The SMILES string of the molecule is CO[C@H]1CNCC1NC(=O)Nc1cccc(Cl)c1. The zero-order chi connectivity index (χ0) is 13.0. The van der Waals surface area contributed by atoms with Crippen LogP contribution < -0.4 is 16.0 Å². The smallest absolute Gasteiger partial charge is 0.319 e. The third-order valence-corrected chi connectivity index (χ3v) is 3.10. The van der Waals surface area contributed by atoms with E-state index < -0.39 is 0 Å². The van der Waals surface area contributed by atoms with Gasteiger partial charge in [0.15, 0.2) is 0 Å². The summed E-state index contributed by atoms with van der Waals surface area (Å²) < 4.78 is 5.27. The van der Waals surface area contributed by atoms with E-state index in [9.17, 15) is 4.79 Å². The van der Waals surface area contributed by atoms with E-state index in [1.54, 1.807) is 31.4 Å². The largest absolute Gasteiger partial charge is 0.378 e. The fourth-order valence-electron chi connectivity index (χ4n) is 1.95. The number of nitrogens with one attached hydrogen (secondary N) is 3. The van der Waals surface area contributed by atoms with Crippen LogP contribution in [0.5, 0.6) is 0 Å². The van der Waals surface area contributed by atoms with Crippen molar-refractivity contribution < 1.29 is 9.53 Å². The number of ether oxygens (including phenoxy) is 1. The fourth-order valence-corrected chi connectivity index (χ4v) is 2.14. The number of rotatable bonds is 3. The number of benzene rings is 1. The number of halogens is 1. The van der Waals surface area contributed by atoms with E-state index in [0.29, 0.717) is 17.3 Å². The molecule has 2 amide bonds. The molecule has 3 N–H and O–H groups in total. The van der Waals surface area contributed by atoms with Crippen LogP contribution in [-0.4, -0.2) is 38.4 Å². The maximum Gasteiger partial charge on any atom is 0.319 e. The Kier molecular flexibility index (Phi) is 4.41. The molecule has 98 valence electrons. The Labute approximate surface area is 111 Å². The van der Waals surface area contributed by atoms with E-state index in [0.717, 1.165) is 6.54 Å². The molecule has 0 spiro atoms. The van der Waals surface area contributed by atoms with Gasteiger partial charge in [0, 0.05) is 30.9 Å². The number of anilines is 1. The van der Waals surface area contributed by atoms with Gasteiger partial charge in [-0.1, -0.05) is 17.7 Å². The first-order chi connectivity index (χ1) is 8.69. The highest BCUT2D eigenvalue weighted by atomic mass is 35.5. The molecule has 1 fully saturated rings. The molecule has 0 aromatic heterocycles. The van der Waals surface area contributed by atoms with Gasteiger partial charge in [-0.2, -0.15) is 0 Å². The Morgan fingerprint density at radius 1 is 1.50 bits per heavy atom. The highest BCUT2D eigenvalue weighted by molar-refractivity contribution is 6.30. The van der Waals surface area contributed by atoms with Crippen molar-refractivity contribution in [2.45, 2.75) is 12.1 Å². The molecule has 2 rings (SSSR count). The van der Waals surface area contributed by atoms with E-state index in [-0.39, 0.29) is 18.2 Å². The number of carbonyl (C=O) groups excluding carboxylic acids is 1. The standard InChI is InChI=1S/C12H16ClN3O2/c1-18-11-7-14-6-10(11)16-12(17)15-9-4-2-3-8(13)5-9/h2-5,10-11,14H,6-7H2,1H3,(H2,15,16,17)/t10?,11-/m0/s1. The molecule has 0 bridgehead atoms. The monoisotopic (exact) mass is 269 g/mol. The van der Waals surface area contributed by atoms with Crippen molar-refractivity contribution in [2.24, 2.45) is 0 Å². The van der Waals surface area contributed by atoms with Crippen LogP contribution in [0.3, 0.4) is 0 Å². The number of carbonyl (C=O) groups is 1. The van der Waals surface area contributed by atoms with Crippen molar-refractivity contribution in [1.82, 2.24) is 10.6 Å². The summed E-state index contributed by atoms with van der Waals surface area (Å²) in [5, 5.41) is 9.35. The van der Waals surface area contributed by atoms with Crippen LogP contribution in [-0.2, 0) is 4.74 Å². The summed E-state index contributed by atoms with van der Waals surface area (Å²) in [5.74, 6) is 0. The van der Waals surface area contributed by atoms with Crippen molar-refractivity contribution >= 4 is 23.3 Å². The summed E-state index contributed by atoms with van der Waals surface area (Å²) in [7, 11) is 1.64. The second kappa shape index (κ2) is 6.04. The summed E-state index contributed by atoms with van der Waals surface area (Å²) in [6.07, 6.45) is 0.00936. The van der Waals surface area contributed by atoms with Gasteiger partial charge in [-0.15, -0.1) is 0 Å². The minimum atomic E-state index is -0.256. The van der Waals surface area contributed by atoms with Gasteiger partial charge in [-0.3, -0.25) is 0 Å². The zero-order valence-electron chi connectivity index (χ0n) is 10.1. The first-order valence-electron chi connectivity index (χ1n) is 5.75. The topological polar surface area (TPSA) is 62.4 Å². The van der Waals surface area contributed by atoms with Gasteiger partial charge < -0.3 is 20.7 Å². The highest BCUT2D eigenvalue weighted by Gasteiger charge is 2.28. The first-order valence-corrected chi connectivity index (χ1v) is 6.13. The zero-order valence-corrected chi connectivity index (χ0v) is 10.8. The normalized spacial score (nSPS) is 22.8. The molecule has 1 unspecified atom stereocenters.